The largest absolute Gasteiger partial charge is 0.354 e. The zero-order valence-corrected chi connectivity index (χ0v) is 12.9. The van der Waals surface area contributed by atoms with Crippen molar-refractivity contribution in [3.8, 4) is 0 Å². The molecule has 0 radical (unpaired) electrons. The smallest absolute Gasteiger partial charge is 0.239 e. The van der Waals surface area contributed by atoms with Crippen LogP contribution >= 0.6 is 0 Å². The molecule has 5 heteroatoms. The molecule has 0 aliphatic carbocycles. The number of likely N-dealkylation sites (tertiary alicyclic amines) is 1. The van der Waals surface area contributed by atoms with Crippen molar-refractivity contribution in [2.24, 2.45) is 5.73 Å². The fraction of sp³-hybridized carbons (Fsp3) is 0.867. The summed E-state index contributed by atoms with van der Waals surface area (Å²) in [5.74, 6) is 0.157. The van der Waals surface area contributed by atoms with Gasteiger partial charge in [-0.2, -0.15) is 0 Å². The molecule has 0 aromatic carbocycles. The molecule has 1 unspecified atom stereocenters. The van der Waals surface area contributed by atoms with Gasteiger partial charge in [-0.25, -0.2) is 0 Å². The van der Waals surface area contributed by atoms with Crippen molar-refractivity contribution in [1.82, 2.24) is 10.2 Å². The monoisotopic (exact) mass is 283 g/mol. The van der Waals surface area contributed by atoms with Gasteiger partial charge in [0.15, 0.2) is 0 Å². The van der Waals surface area contributed by atoms with Gasteiger partial charge in [0.1, 0.15) is 0 Å². The van der Waals surface area contributed by atoms with Crippen LogP contribution in [-0.2, 0) is 9.59 Å². The molecule has 1 heterocycles. The summed E-state index contributed by atoms with van der Waals surface area (Å²) in [5.41, 5.74) is 5.18. The topological polar surface area (TPSA) is 75.4 Å². The number of carbonyl (C=O) groups excluding carboxylic acids is 2. The van der Waals surface area contributed by atoms with Crippen LogP contribution in [0.5, 0.6) is 0 Å². The van der Waals surface area contributed by atoms with E-state index in [1.807, 2.05) is 11.8 Å². The van der Waals surface area contributed by atoms with E-state index in [1.165, 1.54) is 0 Å². The molecule has 1 aliphatic rings. The van der Waals surface area contributed by atoms with Crippen LogP contribution in [0.2, 0.25) is 0 Å². The van der Waals surface area contributed by atoms with E-state index in [4.69, 9.17) is 5.73 Å². The molecule has 5 nitrogen and oxygen atoms in total. The van der Waals surface area contributed by atoms with Crippen molar-refractivity contribution in [3.05, 3.63) is 0 Å². The molecule has 0 aromatic heterocycles. The highest BCUT2D eigenvalue weighted by atomic mass is 16.2. The lowest BCUT2D eigenvalue weighted by Crippen LogP contribution is -2.51. The Labute approximate surface area is 122 Å². The average molecular weight is 283 g/mol. The van der Waals surface area contributed by atoms with Crippen LogP contribution < -0.4 is 11.1 Å². The molecule has 0 spiro atoms. The van der Waals surface area contributed by atoms with Crippen LogP contribution in [0, 0.1) is 0 Å². The van der Waals surface area contributed by atoms with E-state index < -0.39 is 5.54 Å². The maximum Gasteiger partial charge on any atom is 0.239 e. The molecular weight excluding hydrogens is 254 g/mol. The van der Waals surface area contributed by atoms with Crippen LogP contribution in [0.3, 0.4) is 0 Å². The number of hydrogen-bond donors (Lipinski definition) is 2. The van der Waals surface area contributed by atoms with E-state index in [1.54, 1.807) is 6.92 Å². The van der Waals surface area contributed by atoms with Gasteiger partial charge in [-0.15, -0.1) is 0 Å². The second kappa shape index (κ2) is 8.25. The van der Waals surface area contributed by atoms with Gasteiger partial charge in [0.2, 0.25) is 11.8 Å². The first-order chi connectivity index (χ1) is 9.47. The molecule has 20 heavy (non-hydrogen) atoms. The molecule has 0 aromatic rings. The van der Waals surface area contributed by atoms with Crippen LogP contribution in [0.15, 0.2) is 0 Å². The van der Waals surface area contributed by atoms with Crippen molar-refractivity contribution >= 4 is 11.8 Å². The summed E-state index contributed by atoms with van der Waals surface area (Å²) in [7, 11) is 0. The van der Waals surface area contributed by atoms with Crippen LogP contribution in [0.4, 0.5) is 0 Å². The van der Waals surface area contributed by atoms with E-state index in [0.717, 1.165) is 45.2 Å². The minimum absolute atomic E-state index is 0.0958. The Balaban J connectivity index is 2.24. The lowest BCUT2D eigenvalue weighted by Gasteiger charge is -2.24. The Morgan fingerprint density at radius 1 is 1.40 bits per heavy atom. The molecule has 2 amide bonds. The van der Waals surface area contributed by atoms with Crippen molar-refractivity contribution in [1.29, 1.82) is 0 Å². The van der Waals surface area contributed by atoms with Gasteiger partial charge in [0.25, 0.3) is 0 Å². The summed E-state index contributed by atoms with van der Waals surface area (Å²) in [6.07, 6.45) is 6.28. The molecule has 1 fully saturated rings. The predicted octanol–water partition coefficient (Wildman–Crippen LogP) is 1.41. The Morgan fingerprint density at radius 3 is 2.85 bits per heavy atom. The van der Waals surface area contributed by atoms with E-state index in [0.29, 0.717) is 19.4 Å². The highest BCUT2D eigenvalue weighted by molar-refractivity contribution is 5.85. The lowest BCUT2D eigenvalue weighted by atomic mass is 9.96. The van der Waals surface area contributed by atoms with Gasteiger partial charge in [-0.1, -0.05) is 19.8 Å². The number of nitrogens with zero attached hydrogens (tertiary/aromatic N) is 1. The Bertz CT molecular complexity index is 329. The van der Waals surface area contributed by atoms with Crippen LogP contribution in [0.1, 0.15) is 58.8 Å². The Hall–Kier alpha value is -1.10. The first-order valence-corrected chi connectivity index (χ1v) is 7.82. The quantitative estimate of drug-likeness (QED) is 0.694. The maximum atomic E-state index is 11.9. The molecule has 3 N–H and O–H groups in total. The molecule has 1 atom stereocenters. The van der Waals surface area contributed by atoms with Crippen molar-refractivity contribution in [2.45, 2.75) is 64.3 Å². The zero-order valence-electron chi connectivity index (χ0n) is 12.9. The number of carbonyl (C=O) groups is 2. The third-order valence-electron chi connectivity index (χ3n) is 3.85. The van der Waals surface area contributed by atoms with E-state index >= 15 is 0 Å². The summed E-state index contributed by atoms with van der Waals surface area (Å²) >= 11 is 0. The first kappa shape index (κ1) is 17.0. The second-order valence-corrected chi connectivity index (χ2v) is 5.97. The van der Waals surface area contributed by atoms with Crippen molar-refractivity contribution < 1.29 is 9.59 Å². The average Bonchev–Trinajstić information content (AvgIpc) is 2.59. The van der Waals surface area contributed by atoms with Crippen LogP contribution in [-0.4, -0.2) is 41.9 Å². The molecule has 116 valence electrons. The molecule has 1 saturated heterocycles. The molecule has 0 bridgehead atoms. The lowest BCUT2D eigenvalue weighted by molar-refractivity contribution is -0.130. The van der Waals surface area contributed by atoms with Crippen molar-refractivity contribution in [2.75, 3.05) is 19.6 Å². The molecule has 0 saturated carbocycles. The number of rotatable bonds is 7. The van der Waals surface area contributed by atoms with E-state index in [9.17, 15) is 9.59 Å². The molecule has 1 aliphatic heterocycles. The number of nitrogens with two attached hydrogens (primary N) is 1. The first-order valence-electron chi connectivity index (χ1n) is 7.82. The SMILES string of the molecule is CCCC(C)(N)C(=O)NCCCN1CCCCCC1=O. The highest BCUT2D eigenvalue weighted by Crippen LogP contribution is 2.11. The fourth-order valence-electron chi connectivity index (χ4n) is 2.58. The predicted molar refractivity (Wildman–Crippen MR) is 80.2 cm³/mol. The van der Waals surface area contributed by atoms with Gasteiger partial charge in [0.05, 0.1) is 5.54 Å². The van der Waals surface area contributed by atoms with E-state index in [-0.39, 0.29) is 11.8 Å². The normalized spacial score (nSPS) is 19.4. The summed E-state index contributed by atoms with van der Waals surface area (Å²) in [6, 6.07) is 0. The Kier molecular flexibility index (Phi) is 6.99. The van der Waals surface area contributed by atoms with Crippen molar-refractivity contribution in [3.63, 3.8) is 0 Å². The third kappa shape index (κ3) is 5.49. The zero-order chi connectivity index (χ0) is 15.0. The number of nitrogens with one attached hydrogen (secondary N) is 1. The molecular formula is C15H29N3O2. The highest BCUT2D eigenvalue weighted by Gasteiger charge is 2.26. The summed E-state index contributed by atoms with van der Waals surface area (Å²) in [4.78, 5) is 25.6. The Morgan fingerprint density at radius 2 is 2.15 bits per heavy atom. The summed E-state index contributed by atoms with van der Waals surface area (Å²) in [5, 5.41) is 2.88. The van der Waals surface area contributed by atoms with E-state index in [2.05, 4.69) is 5.32 Å². The number of amides is 2. The minimum atomic E-state index is -0.785. The van der Waals surface area contributed by atoms with Gasteiger partial charge in [0, 0.05) is 26.1 Å². The number of hydrogen-bond acceptors (Lipinski definition) is 3. The fourth-order valence-corrected chi connectivity index (χ4v) is 2.58. The maximum absolute atomic E-state index is 11.9. The summed E-state index contributed by atoms with van der Waals surface area (Å²) < 4.78 is 0. The third-order valence-corrected chi connectivity index (χ3v) is 3.85. The van der Waals surface area contributed by atoms with Gasteiger partial charge < -0.3 is 16.0 Å². The standard InChI is InChI=1S/C15H29N3O2/c1-3-9-15(2,16)14(20)17-10-7-12-18-11-6-4-5-8-13(18)19/h3-12,16H2,1-2H3,(H,17,20). The van der Waals surface area contributed by atoms with Gasteiger partial charge in [-0.3, -0.25) is 9.59 Å². The molecule has 1 rings (SSSR count). The second-order valence-electron chi connectivity index (χ2n) is 5.97. The minimum Gasteiger partial charge on any atom is -0.354 e. The van der Waals surface area contributed by atoms with Gasteiger partial charge in [-0.05, 0) is 32.6 Å². The van der Waals surface area contributed by atoms with Crippen LogP contribution in [0.25, 0.3) is 0 Å². The van der Waals surface area contributed by atoms with Gasteiger partial charge >= 0.3 is 0 Å². The summed E-state index contributed by atoms with van der Waals surface area (Å²) in [6.45, 7) is 5.96.